The summed E-state index contributed by atoms with van der Waals surface area (Å²) in [5, 5.41) is 17.4. The van der Waals surface area contributed by atoms with Gasteiger partial charge in [0, 0.05) is 55.1 Å². The van der Waals surface area contributed by atoms with Crippen LogP contribution in [0.2, 0.25) is 0 Å². The molecular formula is C8H12AlLi2O4. The fourth-order valence-corrected chi connectivity index (χ4v) is 1.72. The van der Waals surface area contributed by atoms with Gasteiger partial charge < -0.3 is 10.2 Å². The van der Waals surface area contributed by atoms with Crippen molar-refractivity contribution in [3.05, 3.63) is 0 Å². The fourth-order valence-electron chi connectivity index (χ4n) is 1.72. The topological polar surface area (TPSA) is 74.6 Å². The summed E-state index contributed by atoms with van der Waals surface area (Å²) < 4.78 is 0. The van der Waals surface area contributed by atoms with E-state index in [9.17, 15) is 9.59 Å². The molecule has 0 spiro atoms. The zero-order chi connectivity index (χ0) is 9.14. The van der Waals surface area contributed by atoms with Gasteiger partial charge in [-0.25, -0.2) is 0 Å². The normalized spacial score (nSPS) is 23.7. The first-order valence-corrected chi connectivity index (χ1v) is 4.08. The van der Waals surface area contributed by atoms with Crippen molar-refractivity contribution in [1.82, 2.24) is 0 Å². The summed E-state index contributed by atoms with van der Waals surface area (Å²) in [7, 11) is 0. The maximum Gasteiger partial charge on any atom is 0.307 e. The monoisotopic (exact) mass is 213 g/mol. The zero-order valence-corrected chi connectivity index (χ0v) is 10.4. The van der Waals surface area contributed by atoms with E-state index in [1.165, 1.54) is 0 Å². The maximum absolute atomic E-state index is 10.6. The van der Waals surface area contributed by atoms with Gasteiger partial charge in [0.2, 0.25) is 0 Å². The van der Waals surface area contributed by atoms with E-state index >= 15 is 0 Å². The number of hydrogen-bond donors (Lipinski definition) is 2. The predicted octanol–water partition coefficient (Wildman–Crippen LogP) is -0.180. The third-order valence-electron chi connectivity index (χ3n) is 2.40. The number of carboxylic acid groups (broad SMARTS) is 2. The Morgan fingerprint density at radius 3 is 1.33 bits per heavy atom. The van der Waals surface area contributed by atoms with Crippen LogP contribution in [0.3, 0.4) is 0 Å². The van der Waals surface area contributed by atoms with Crippen molar-refractivity contribution < 1.29 is 19.8 Å². The van der Waals surface area contributed by atoms with Crippen molar-refractivity contribution in [1.29, 1.82) is 0 Å². The fraction of sp³-hybridized carbons (Fsp3) is 0.750. The summed E-state index contributed by atoms with van der Waals surface area (Å²) in [6, 6.07) is 0. The van der Waals surface area contributed by atoms with Gasteiger partial charge in [0.25, 0.3) is 0 Å². The summed E-state index contributed by atoms with van der Waals surface area (Å²) in [6.45, 7) is 0. The largest absolute Gasteiger partial charge is 0.481 e. The molecule has 1 saturated carbocycles. The van der Waals surface area contributed by atoms with Gasteiger partial charge in [0.1, 0.15) is 0 Å². The van der Waals surface area contributed by atoms with Gasteiger partial charge in [-0.1, -0.05) is 12.8 Å². The van der Waals surface area contributed by atoms with E-state index in [1.807, 2.05) is 0 Å². The van der Waals surface area contributed by atoms with Crippen LogP contribution in [0.15, 0.2) is 0 Å². The van der Waals surface area contributed by atoms with Crippen LogP contribution in [0.25, 0.3) is 0 Å². The Morgan fingerprint density at radius 2 is 1.13 bits per heavy atom. The van der Waals surface area contributed by atoms with Crippen LogP contribution >= 0.6 is 0 Å². The molecule has 73 valence electrons. The second-order valence-corrected chi connectivity index (χ2v) is 3.17. The number of rotatable bonds is 2. The molecule has 0 amide bonds. The second kappa shape index (κ2) is 9.86. The molecule has 0 aliphatic heterocycles. The number of aliphatic carboxylic acids is 2. The Kier molecular flexibility index (Phi) is 13.8. The molecule has 2 unspecified atom stereocenters. The van der Waals surface area contributed by atoms with Gasteiger partial charge >= 0.3 is 11.9 Å². The molecular weight excluding hydrogens is 201 g/mol. The molecule has 0 aromatic heterocycles. The molecule has 15 heavy (non-hydrogen) atoms. The van der Waals surface area contributed by atoms with Gasteiger partial charge in [-0.05, 0) is 12.8 Å². The van der Waals surface area contributed by atoms with Crippen molar-refractivity contribution in [3.63, 3.8) is 0 Å². The minimum atomic E-state index is -0.970. The van der Waals surface area contributed by atoms with E-state index < -0.39 is 23.8 Å². The quantitative estimate of drug-likeness (QED) is 0.624. The molecule has 1 aliphatic carbocycles. The van der Waals surface area contributed by atoms with Gasteiger partial charge in [-0.3, -0.25) is 9.59 Å². The number of carboxylic acids is 2. The number of carbonyl (C=O) groups is 2. The minimum Gasteiger partial charge on any atom is -0.481 e. The maximum atomic E-state index is 10.6. The first-order valence-electron chi connectivity index (χ1n) is 4.08. The van der Waals surface area contributed by atoms with E-state index in [0.717, 1.165) is 12.8 Å². The van der Waals surface area contributed by atoms with Crippen molar-refractivity contribution >= 4 is 67.0 Å². The molecule has 5 radical (unpaired) electrons. The van der Waals surface area contributed by atoms with E-state index in [4.69, 9.17) is 10.2 Å². The van der Waals surface area contributed by atoms with E-state index in [2.05, 4.69) is 0 Å². The predicted molar refractivity (Wildman–Crippen MR) is 58.0 cm³/mol. The molecule has 7 heteroatoms. The molecule has 0 bridgehead atoms. The molecule has 4 nitrogen and oxygen atoms in total. The number of hydrogen-bond acceptors (Lipinski definition) is 2. The van der Waals surface area contributed by atoms with Crippen LogP contribution in [-0.2, 0) is 9.59 Å². The Labute approximate surface area is 124 Å². The van der Waals surface area contributed by atoms with Gasteiger partial charge in [-0.15, -0.1) is 0 Å². The molecule has 2 atom stereocenters. The van der Waals surface area contributed by atoms with E-state index in [1.54, 1.807) is 0 Å². The SMILES string of the molecule is O=C(O)C1CCCCC1C(=O)O.[Al].[Li].[Li]. The second-order valence-electron chi connectivity index (χ2n) is 3.17. The average molecular weight is 213 g/mol. The summed E-state index contributed by atoms with van der Waals surface area (Å²) in [5.41, 5.74) is 0. The smallest absolute Gasteiger partial charge is 0.307 e. The van der Waals surface area contributed by atoms with Crippen molar-refractivity contribution in [2.75, 3.05) is 0 Å². The molecule has 1 rings (SSSR count). The van der Waals surface area contributed by atoms with E-state index in [0.29, 0.717) is 12.8 Å². The van der Waals surface area contributed by atoms with Crippen LogP contribution in [-0.4, -0.2) is 77.2 Å². The summed E-state index contributed by atoms with van der Waals surface area (Å²) in [6.07, 6.45) is 2.68. The Balaban J connectivity index is -0.000000480. The first kappa shape index (κ1) is 21.0. The summed E-state index contributed by atoms with van der Waals surface area (Å²) in [5.74, 6) is -3.28. The first-order chi connectivity index (χ1) is 5.63. The Hall–Kier alpha value is 0.667. The third kappa shape index (κ3) is 6.08. The molecule has 0 aromatic carbocycles. The summed E-state index contributed by atoms with van der Waals surface area (Å²) >= 11 is 0. The van der Waals surface area contributed by atoms with Crippen LogP contribution < -0.4 is 0 Å². The standard InChI is InChI=1S/C8H12O4.Al.2Li/c9-7(10)5-3-1-2-4-6(5)8(11)12;;;/h5-6H,1-4H2,(H,9,10)(H,11,12);;;. The minimum absolute atomic E-state index is 0. The Bertz CT molecular complexity index is 191. The van der Waals surface area contributed by atoms with Gasteiger partial charge in [0.15, 0.2) is 0 Å². The van der Waals surface area contributed by atoms with Crippen molar-refractivity contribution in [2.24, 2.45) is 11.8 Å². The molecule has 0 heterocycles. The van der Waals surface area contributed by atoms with E-state index in [-0.39, 0.29) is 55.1 Å². The van der Waals surface area contributed by atoms with Gasteiger partial charge in [-0.2, -0.15) is 0 Å². The van der Waals surface area contributed by atoms with Crippen molar-refractivity contribution in [3.8, 4) is 0 Å². The third-order valence-corrected chi connectivity index (χ3v) is 2.40. The molecule has 1 aliphatic rings. The molecule has 0 saturated heterocycles. The average Bonchev–Trinajstić information content (AvgIpc) is 2.04. The van der Waals surface area contributed by atoms with Crippen molar-refractivity contribution in [2.45, 2.75) is 25.7 Å². The van der Waals surface area contributed by atoms with Crippen LogP contribution in [0.5, 0.6) is 0 Å². The molecule has 0 aromatic rings. The zero-order valence-electron chi connectivity index (χ0n) is 9.27. The van der Waals surface area contributed by atoms with Crippen LogP contribution in [0.1, 0.15) is 25.7 Å². The van der Waals surface area contributed by atoms with Gasteiger partial charge in [0.05, 0.1) is 11.8 Å². The molecule has 1 fully saturated rings. The van der Waals surface area contributed by atoms with Crippen LogP contribution in [0.4, 0.5) is 0 Å². The Morgan fingerprint density at radius 1 is 0.867 bits per heavy atom. The summed E-state index contributed by atoms with van der Waals surface area (Å²) in [4.78, 5) is 21.2. The molecule has 2 N–H and O–H groups in total. The van der Waals surface area contributed by atoms with Crippen LogP contribution in [0, 0.1) is 11.8 Å².